The SMILES string of the molecule is CCN(CC(=O)Nc1c(F)cccc1F)CC(=O)N(Cc1ccccc1)Cc1ccco1. The van der Waals surface area contributed by atoms with Gasteiger partial charge in [0.05, 0.1) is 25.9 Å². The molecular weight excluding hydrogens is 416 g/mol. The molecule has 1 aromatic heterocycles. The van der Waals surface area contributed by atoms with Crippen LogP contribution >= 0.6 is 0 Å². The summed E-state index contributed by atoms with van der Waals surface area (Å²) in [6.07, 6.45) is 1.55. The van der Waals surface area contributed by atoms with Gasteiger partial charge in [0.25, 0.3) is 0 Å². The lowest BCUT2D eigenvalue weighted by Gasteiger charge is -2.26. The van der Waals surface area contributed by atoms with Crippen molar-refractivity contribution in [2.45, 2.75) is 20.0 Å². The van der Waals surface area contributed by atoms with Crippen molar-refractivity contribution in [3.05, 3.63) is 89.9 Å². The average molecular weight is 441 g/mol. The molecule has 0 bridgehead atoms. The molecule has 3 aromatic rings. The third-order valence-corrected chi connectivity index (χ3v) is 4.90. The van der Waals surface area contributed by atoms with Gasteiger partial charge in [-0.15, -0.1) is 0 Å². The molecule has 32 heavy (non-hydrogen) atoms. The summed E-state index contributed by atoms with van der Waals surface area (Å²) in [5.74, 6) is -1.87. The first-order chi connectivity index (χ1) is 15.5. The second-order valence-corrected chi connectivity index (χ2v) is 7.26. The molecule has 0 spiro atoms. The maximum Gasteiger partial charge on any atom is 0.238 e. The fourth-order valence-corrected chi connectivity index (χ4v) is 3.20. The summed E-state index contributed by atoms with van der Waals surface area (Å²) in [4.78, 5) is 28.7. The molecule has 0 aliphatic heterocycles. The van der Waals surface area contributed by atoms with Crippen molar-refractivity contribution >= 4 is 17.5 Å². The van der Waals surface area contributed by atoms with E-state index < -0.39 is 23.2 Å². The van der Waals surface area contributed by atoms with Crippen LogP contribution in [0, 0.1) is 11.6 Å². The second kappa shape index (κ2) is 11.2. The zero-order valence-corrected chi connectivity index (χ0v) is 17.8. The number of para-hydroxylation sites is 1. The predicted octanol–water partition coefficient (Wildman–Crippen LogP) is 4.05. The number of likely N-dealkylation sites (N-methyl/N-ethyl adjacent to an activating group) is 1. The van der Waals surface area contributed by atoms with Gasteiger partial charge in [-0.1, -0.05) is 43.3 Å². The van der Waals surface area contributed by atoms with Gasteiger partial charge >= 0.3 is 0 Å². The van der Waals surface area contributed by atoms with Gasteiger partial charge in [-0.2, -0.15) is 0 Å². The topological polar surface area (TPSA) is 65.8 Å². The highest BCUT2D eigenvalue weighted by atomic mass is 19.1. The molecule has 1 N–H and O–H groups in total. The largest absolute Gasteiger partial charge is 0.467 e. The lowest BCUT2D eigenvalue weighted by Crippen LogP contribution is -2.42. The molecule has 0 saturated carbocycles. The number of rotatable bonds is 10. The molecule has 0 saturated heterocycles. The molecular formula is C24H25F2N3O3. The Hall–Kier alpha value is -3.52. The van der Waals surface area contributed by atoms with E-state index in [0.717, 1.165) is 17.7 Å². The van der Waals surface area contributed by atoms with Gasteiger partial charge in [-0.3, -0.25) is 14.5 Å². The van der Waals surface area contributed by atoms with Crippen LogP contribution < -0.4 is 5.32 Å². The number of halogens is 2. The lowest BCUT2D eigenvalue weighted by atomic mass is 10.2. The number of hydrogen-bond donors (Lipinski definition) is 1. The van der Waals surface area contributed by atoms with Crippen molar-refractivity contribution < 1.29 is 22.8 Å². The van der Waals surface area contributed by atoms with Gasteiger partial charge in [0, 0.05) is 6.54 Å². The Labute approximate surface area is 185 Å². The Kier molecular flexibility index (Phi) is 8.10. The van der Waals surface area contributed by atoms with E-state index in [1.54, 1.807) is 35.1 Å². The molecule has 2 amide bonds. The monoisotopic (exact) mass is 441 g/mol. The highest BCUT2D eigenvalue weighted by molar-refractivity contribution is 5.92. The first kappa shape index (κ1) is 23.1. The van der Waals surface area contributed by atoms with E-state index in [1.165, 1.54) is 6.07 Å². The maximum absolute atomic E-state index is 13.8. The van der Waals surface area contributed by atoms with Crippen molar-refractivity contribution in [3.63, 3.8) is 0 Å². The normalized spacial score (nSPS) is 10.9. The van der Waals surface area contributed by atoms with Gasteiger partial charge < -0.3 is 14.6 Å². The van der Waals surface area contributed by atoms with Crippen LogP contribution in [-0.2, 0) is 22.7 Å². The number of nitrogens with zero attached hydrogens (tertiary/aromatic N) is 2. The number of amides is 2. The van der Waals surface area contributed by atoms with Crippen LogP contribution in [0.5, 0.6) is 0 Å². The molecule has 3 rings (SSSR count). The van der Waals surface area contributed by atoms with E-state index in [1.807, 2.05) is 30.3 Å². The first-order valence-corrected chi connectivity index (χ1v) is 10.3. The zero-order chi connectivity index (χ0) is 22.9. The Bertz CT molecular complexity index is 1010. The molecule has 6 nitrogen and oxygen atoms in total. The quantitative estimate of drug-likeness (QED) is 0.516. The summed E-state index contributed by atoms with van der Waals surface area (Å²) >= 11 is 0. The van der Waals surface area contributed by atoms with E-state index >= 15 is 0 Å². The van der Waals surface area contributed by atoms with Crippen LogP contribution in [0.3, 0.4) is 0 Å². The standard InChI is InChI=1S/C24H25F2N3O3/c1-2-28(16-22(30)27-24-20(25)11-6-12-21(24)26)17-23(31)29(15-19-10-7-13-32-19)14-18-8-4-3-5-9-18/h3-13H,2,14-17H2,1H3,(H,27,30). The van der Waals surface area contributed by atoms with Crippen molar-refractivity contribution in [2.24, 2.45) is 0 Å². The van der Waals surface area contributed by atoms with Crippen LogP contribution in [0.4, 0.5) is 14.5 Å². The number of carbonyl (C=O) groups excluding carboxylic acids is 2. The smallest absolute Gasteiger partial charge is 0.238 e. The number of nitrogens with one attached hydrogen (secondary N) is 1. The van der Waals surface area contributed by atoms with E-state index in [-0.39, 0.29) is 25.5 Å². The van der Waals surface area contributed by atoms with Crippen molar-refractivity contribution in [1.29, 1.82) is 0 Å². The fourth-order valence-electron chi connectivity index (χ4n) is 3.20. The summed E-state index contributed by atoms with van der Waals surface area (Å²) in [5, 5.41) is 2.25. The van der Waals surface area contributed by atoms with Gasteiger partial charge in [-0.05, 0) is 36.4 Å². The molecule has 2 aromatic carbocycles. The first-order valence-electron chi connectivity index (χ1n) is 10.3. The minimum atomic E-state index is -0.857. The summed E-state index contributed by atoms with van der Waals surface area (Å²) in [6.45, 7) is 2.65. The summed E-state index contributed by atoms with van der Waals surface area (Å²) in [6, 6.07) is 16.4. The molecule has 1 heterocycles. The minimum Gasteiger partial charge on any atom is -0.467 e. The Morgan fingerprint density at radius 2 is 1.62 bits per heavy atom. The van der Waals surface area contributed by atoms with Gasteiger partial charge in [0.15, 0.2) is 0 Å². The lowest BCUT2D eigenvalue weighted by molar-refractivity contribution is -0.134. The third-order valence-electron chi connectivity index (χ3n) is 4.90. The average Bonchev–Trinajstić information content (AvgIpc) is 3.29. The predicted molar refractivity (Wildman–Crippen MR) is 117 cm³/mol. The Balaban J connectivity index is 1.65. The molecule has 0 atom stereocenters. The van der Waals surface area contributed by atoms with E-state index in [9.17, 15) is 18.4 Å². The summed E-state index contributed by atoms with van der Waals surface area (Å²) in [7, 11) is 0. The minimum absolute atomic E-state index is 0.0305. The second-order valence-electron chi connectivity index (χ2n) is 7.26. The number of hydrogen-bond acceptors (Lipinski definition) is 4. The number of anilines is 1. The molecule has 168 valence electrons. The highest BCUT2D eigenvalue weighted by Gasteiger charge is 2.21. The molecule has 0 unspecified atom stereocenters. The number of furan rings is 1. The van der Waals surface area contributed by atoms with Crippen LogP contribution in [0.1, 0.15) is 18.2 Å². The fraction of sp³-hybridized carbons (Fsp3) is 0.250. The molecule has 0 radical (unpaired) electrons. The summed E-state index contributed by atoms with van der Waals surface area (Å²) < 4.78 is 33.0. The Morgan fingerprint density at radius 3 is 2.25 bits per heavy atom. The summed E-state index contributed by atoms with van der Waals surface area (Å²) in [5.41, 5.74) is 0.464. The van der Waals surface area contributed by atoms with Gasteiger partial charge in [-0.25, -0.2) is 8.78 Å². The third kappa shape index (κ3) is 6.49. The van der Waals surface area contributed by atoms with Crippen LogP contribution in [0.15, 0.2) is 71.3 Å². The Morgan fingerprint density at radius 1 is 0.906 bits per heavy atom. The molecule has 0 aliphatic rings. The van der Waals surface area contributed by atoms with Crippen molar-refractivity contribution in [2.75, 3.05) is 25.0 Å². The molecule has 0 fully saturated rings. The number of benzene rings is 2. The maximum atomic E-state index is 13.8. The van der Waals surface area contributed by atoms with Crippen LogP contribution in [-0.4, -0.2) is 41.2 Å². The van der Waals surface area contributed by atoms with Crippen LogP contribution in [0.2, 0.25) is 0 Å². The molecule has 8 heteroatoms. The molecule has 0 aliphatic carbocycles. The van der Waals surface area contributed by atoms with Gasteiger partial charge in [0.1, 0.15) is 23.1 Å². The highest BCUT2D eigenvalue weighted by Crippen LogP contribution is 2.18. The van der Waals surface area contributed by atoms with E-state index in [0.29, 0.717) is 18.8 Å². The van der Waals surface area contributed by atoms with Crippen LogP contribution in [0.25, 0.3) is 0 Å². The van der Waals surface area contributed by atoms with Crippen molar-refractivity contribution in [1.82, 2.24) is 9.80 Å². The number of carbonyl (C=O) groups is 2. The van der Waals surface area contributed by atoms with Gasteiger partial charge in [0.2, 0.25) is 11.8 Å². The van der Waals surface area contributed by atoms with Crippen molar-refractivity contribution in [3.8, 4) is 0 Å². The van der Waals surface area contributed by atoms with E-state index in [4.69, 9.17) is 4.42 Å². The van der Waals surface area contributed by atoms with E-state index in [2.05, 4.69) is 5.32 Å². The zero-order valence-electron chi connectivity index (χ0n) is 17.8.